The first-order valence-corrected chi connectivity index (χ1v) is 11.9. The number of hydrogen-bond donors (Lipinski definition) is 3. The molecule has 0 saturated heterocycles. The summed E-state index contributed by atoms with van der Waals surface area (Å²) in [4.78, 5) is 55.5. The fourth-order valence-electron chi connectivity index (χ4n) is 4.02. The van der Waals surface area contributed by atoms with Gasteiger partial charge in [-0.25, -0.2) is 9.78 Å². The van der Waals surface area contributed by atoms with Crippen LogP contribution < -0.4 is 16.6 Å². The molecule has 3 aromatic heterocycles. The van der Waals surface area contributed by atoms with E-state index in [4.69, 9.17) is 5.73 Å². The quantitative estimate of drug-likeness (QED) is 0.501. The van der Waals surface area contributed by atoms with Crippen LogP contribution in [0, 0.1) is 0 Å². The zero-order valence-electron chi connectivity index (χ0n) is 17.6. The Labute approximate surface area is 190 Å². The number of carboxylic acid groups (broad SMARTS) is 1. The maximum absolute atomic E-state index is 13.2. The lowest BCUT2D eigenvalue weighted by Gasteiger charge is -2.15. The highest BCUT2D eigenvalue weighted by Gasteiger charge is 2.26. The van der Waals surface area contributed by atoms with Crippen molar-refractivity contribution in [3.63, 3.8) is 0 Å². The SMILES string of the molecule is CC(C)c1nc2scc(C(=O)O)c2c(=O)n1CC(=O)Nc1sc2c(c1C(N)=O)CCCC2. The second kappa shape index (κ2) is 8.47. The summed E-state index contributed by atoms with van der Waals surface area (Å²) in [6, 6.07) is 0. The molecule has 4 rings (SSSR count). The van der Waals surface area contributed by atoms with Gasteiger partial charge in [0, 0.05) is 16.2 Å². The van der Waals surface area contributed by atoms with Crippen molar-refractivity contribution in [2.45, 2.75) is 52.0 Å². The predicted octanol–water partition coefficient (Wildman–Crippen LogP) is 2.96. The highest BCUT2D eigenvalue weighted by molar-refractivity contribution is 7.17. The van der Waals surface area contributed by atoms with E-state index in [0.717, 1.165) is 47.5 Å². The number of aromatic carboxylic acids is 1. The van der Waals surface area contributed by atoms with Crippen molar-refractivity contribution in [2.75, 3.05) is 5.32 Å². The highest BCUT2D eigenvalue weighted by atomic mass is 32.1. The number of carbonyl (C=O) groups is 3. The molecule has 0 aromatic carbocycles. The largest absolute Gasteiger partial charge is 0.478 e. The Kier molecular flexibility index (Phi) is 5.87. The van der Waals surface area contributed by atoms with Crippen LogP contribution in [-0.4, -0.2) is 32.4 Å². The van der Waals surface area contributed by atoms with E-state index in [-0.39, 0.29) is 23.4 Å². The van der Waals surface area contributed by atoms with Crippen LogP contribution in [0.4, 0.5) is 5.00 Å². The van der Waals surface area contributed by atoms with Gasteiger partial charge < -0.3 is 16.2 Å². The molecule has 0 saturated carbocycles. The Morgan fingerprint density at radius 3 is 2.66 bits per heavy atom. The predicted molar refractivity (Wildman–Crippen MR) is 123 cm³/mol. The maximum Gasteiger partial charge on any atom is 0.337 e. The van der Waals surface area contributed by atoms with Gasteiger partial charge in [-0.05, 0) is 31.2 Å². The van der Waals surface area contributed by atoms with Crippen molar-refractivity contribution in [3.8, 4) is 0 Å². The number of fused-ring (bicyclic) bond motifs is 2. The number of aryl methyl sites for hydroxylation is 1. The van der Waals surface area contributed by atoms with Gasteiger partial charge in [-0.15, -0.1) is 22.7 Å². The van der Waals surface area contributed by atoms with Gasteiger partial charge >= 0.3 is 5.97 Å². The lowest BCUT2D eigenvalue weighted by molar-refractivity contribution is -0.116. The minimum atomic E-state index is -1.22. The molecule has 0 spiro atoms. The Morgan fingerprint density at radius 2 is 2.00 bits per heavy atom. The molecule has 1 aliphatic carbocycles. The number of hydrogen-bond acceptors (Lipinski definition) is 7. The van der Waals surface area contributed by atoms with E-state index in [9.17, 15) is 24.3 Å². The molecule has 32 heavy (non-hydrogen) atoms. The van der Waals surface area contributed by atoms with Gasteiger partial charge in [0.1, 0.15) is 22.2 Å². The molecule has 0 atom stereocenters. The van der Waals surface area contributed by atoms with E-state index in [0.29, 0.717) is 21.2 Å². The lowest BCUT2D eigenvalue weighted by Crippen LogP contribution is -2.32. The molecule has 0 unspecified atom stereocenters. The zero-order valence-corrected chi connectivity index (χ0v) is 19.2. The highest BCUT2D eigenvalue weighted by Crippen LogP contribution is 2.38. The van der Waals surface area contributed by atoms with Crippen LogP contribution >= 0.6 is 22.7 Å². The molecular formula is C21H22N4O5S2. The molecule has 3 aromatic rings. The molecule has 0 aliphatic heterocycles. The second-order valence-electron chi connectivity index (χ2n) is 7.98. The van der Waals surface area contributed by atoms with Crippen molar-refractivity contribution >= 4 is 55.7 Å². The molecule has 0 radical (unpaired) electrons. The first-order chi connectivity index (χ1) is 15.2. The van der Waals surface area contributed by atoms with E-state index in [1.54, 1.807) is 0 Å². The van der Waals surface area contributed by atoms with E-state index >= 15 is 0 Å². The molecule has 4 N–H and O–H groups in total. The first-order valence-electron chi connectivity index (χ1n) is 10.2. The van der Waals surface area contributed by atoms with Crippen LogP contribution in [0.1, 0.15) is 69.6 Å². The third kappa shape index (κ3) is 3.82. The van der Waals surface area contributed by atoms with Gasteiger partial charge in [-0.2, -0.15) is 0 Å². The molecule has 1 aliphatic rings. The Balaban J connectivity index is 1.72. The van der Waals surface area contributed by atoms with Crippen LogP contribution in [0.2, 0.25) is 0 Å². The standard InChI is InChI=1S/C21H22N4O5S2/c1-9(2)17-24-18-15(11(8-31-18)21(29)30)20(28)25(17)7-13(26)23-19-14(16(22)27)10-5-3-4-6-12(10)32-19/h8-9H,3-7H2,1-2H3,(H2,22,27)(H,23,26)(H,29,30). The van der Waals surface area contributed by atoms with Crippen molar-refractivity contribution in [3.05, 3.63) is 43.1 Å². The van der Waals surface area contributed by atoms with Crippen LogP contribution in [0.5, 0.6) is 0 Å². The lowest BCUT2D eigenvalue weighted by atomic mass is 9.95. The number of anilines is 1. The number of nitrogens with zero attached hydrogens (tertiary/aromatic N) is 2. The Hall–Kier alpha value is -3.05. The normalized spacial score (nSPS) is 13.3. The molecule has 11 heteroatoms. The van der Waals surface area contributed by atoms with E-state index in [1.807, 2.05) is 13.8 Å². The van der Waals surface area contributed by atoms with Gasteiger partial charge in [0.05, 0.1) is 16.5 Å². The average Bonchev–Trinajstić information content (AvgIpc) is 3.30. The van der Waals surface area contributed by atoms with E-state index < -0.39 is 23.3 Å². The maximum atomic E-state index is 13.2. The molecule has 0 fully saturated rings. The minimum absolute atomic E-state index is 0.0101. The number of nitrogens with two attached hydrogens (primary N) is 1. The van der Waals surface area contributed by atoms with Gasteiger partial charge in [-0.3, -0.25) is 19.0 Å². The second-order valence-corrected chi connectivity index (χ2v) is 9.94. The molecule has 9 nitrogen and oxygen atoms in total. The fraction of sp³-hybridized carbons (Fsp3) is 0.381. The third-order valence-electron chi connectivity index (χ3n) is 5.44. The third-order valence-corrected chi connectivity index (χ3v) is 7.52. The number of carbonyl (C=O) groups excluding carboxylic acids is 2. The summed E-state index contributed by atoms with van der Waals surface area (Å²) in [5.74, 6) is -2.11. The Bertz CT molecular complexity index is 1320. The topological polar surface area (TPSA) is 144 Å². The molecule has 3 heterocycles. The summed E-state index contributed by atoms with van der Waals surface area (Å²) in [6.07, 6.45) is 3.56. The molecular weight excluding hydrogens is 452 g/mol. The van der Waals surface area contributed by atoms with Crippen LogP contribution in [-0.2, 0) is 24.2 Å². The summed E-state index contributed by atoms with van der Waals surface area (Å²) < 4.78 is 1.21. The van der Waals surface area contributed by atoms with Crippen molar-refractivity contribution in [1.29, 1.82) is 0 Å². The molecule has 0 bridgehead atoms. The molecule has 2 amide bonds. The van der Waals surface area contributed by atoms with Gasteiger partial charge in [0.25, 0.3) is 11.5 Å². The van der Waals surface area contributed by atoms with E-state index in [1.165, 1.54) is 21.3 Å². The van der Waals surface area contributed by atoms with Gasteiger partial charge in [0.15, 0.2) is 0 Å². The fourth-order valence-corrected chi connectivity index (χ4v) is 6.24. The number of nitrogens with one attached hydrogen (secondary N) is 1. The summed E-state index contributed by atoms with van der Waals surface area (Å²) >= 11 is 2.43. The monoisotopic (exact) mass is 474 g/mol. The number of rotatable bonds is 6. The zero-order chi connectivity index (χ0) is 23.2. The van der Waals surface area contributed by atoms with Crippen LogP contribution in [0.3, 0.4) is 0 Å². The minimum Gasteiger partial charge on any atom is -0.478 e. The number of amides is 2. The summed E-state index contributed by atoms with van der Waals surface area (Å²) in [7, 11) is 0. The van der Waals surface area contributed by atoms with Crippen LogP contribution in [0.25, 0.3) is 10.2 Å². The van der Waals surface area contributed by atoms with Gasteiger partial charge in [0.2, 0.25) is 5.91 Å². The molecule has 168 valence electrons. The average molecular weight is 475 g/mol. The van der Waals surface area contributed by atoms with Crippen molar-refractivity contribution < 1.29 is 19.5 Å². The Morgan fingerprint density at radius 1 is 1.28 bits per heavy atom. The number of aromatic nitrogens is 2. The van der Waals surface area contributed by atoms with E-state index in [2.05, 4.69) is 10.3 Å². The smallest absolute Gasteiger partial charge is 0.337 e. The van der Waals surface area contributed by atoms with Crippen LogP contribution in [0.15, 0.2) is 10.2 Å². The number of carboxylic acids is 1. The summed E-state index contributed by atoms with van der Waals surface area (Å²) in [5, 5.41) is 13.9. The summed E-state index contributed by atoms with van der Waals surface area (Å²) in [5.41, 5.74) is 6.13. The van der Waals surface area contributed by atoms with Gasteiger partial charge in [-0.1, -0.05) is 13.8 Å². The summed E-state index contributed by atoms with van der Waals surface area (Å²) in [6.45, 7) is 3.32. The number of thiophene rings is 2. The number of primary amides is 1. The van der Waals surface area contributed by atoms with Crippen molar-refractivity contribution in [2.24, 2.45) is 5.73 Å². The first kappa shape index (κ1) is 22.2. The van der Waals surface area contributed by atoms with Crippen molar-refractivity contribution in [1.82, 2.24) is 9.55 Å².